The zero-order valence-corrected chi connectivity index (χ0v) is 7.78. The van der Waals surface area contributed by atoms with Gasteiger partial charge >= 0.3 is 0 Å². The van der Waals surface area contributed by atoms with Crippen LogP contribution in [0.4, 0.5) is 0 Å². The van der Waals surface area contributed by atoms with E-state index in [1.807, 2.05) is 36.4 Å². The Morgan fingerprint density at radius 3 is 2.73 bits per heavy atom. The zero-order valence-electron chi connectivity index (χ0n) is 7.78. The van der Waals surface area contributed by atoms with Gasteiger partial charge in [0, 0.05) is 11.8 Å². The first-order chi connectivity index (χ1) is 7.45. The fraction of sp³-hybridized carbons (Fsp3) is 0. The summed E-state index contributed by atoms with van der Waals surface area (Å²) < 4.78 is 1.62. The minimum Gasteiger partial charge on any atom is -0.218 e. The molecule has 0 aliphatic heterocycles. The average Bonchev–Trinajstić information content (AvgIpc) is 2.78. The highest BCUT2D eigenvalue weighted by molar-refractivity contribution is 5.60. The van der Waals surface area contributed by atoms with Gasteiger partial charge in [-0.15, -0.1) is 0 Å². The molecule has 0 radical (unpaired) electrons. The van der Waals surface area contributed by atoms with Crippen LogP contribution < -0.4 is 0 Å². The monoisotopic (exact) mass is 197 g/mol. The Hall–Kier alpha value is -2.30. The fourth-order valence-electron chi connectivity index (χ4n) is 1.49. The molecule has 72 valence electrons. The van der Waals surface area contributed by atoms with Gasteiger partial charge < -0.3 is 0 Å². The van der Waals surface area contributed by atoms with Crippen LogP contribution in [0.25, 0.3) is 17.0 Å². The summed E-state index contributed by atoms with van der Waals surface area (Å²) in [5.41, 5.74) is 2.00. The molecule has 3 rings (SSSR count). The highest BCUT2D eigenvalue weighted by atomic mass is 15.5. The molecule has 0 saturated carbocycles. The first-order valence-electron chi connectivity index (χ1n) is 4.54. The lowest BCUT2D eigenvalue weighted by Gasteiger charge is -2.01. The van der Waals surface area contributed by atoms with Crippen molar-refractivity contribution in [1.82, 2.24) is 25.0 Å². The minimum absolute atomic E-state index is 0.511. The minimum atomic E-state index is 0.511. The fourth-order valence-corrected chi connectivity index (χ4v) is 1.49. The quantitative estimate of drug-likeness (QED) is 0.588. The Balaban J connectivity index is 2.31. The molecule has 15 heavy (non-hydrogen) atoms. The molecule has 0 saturated heterocycles. The molecular formula is C10H7N5. The normalized spacial score (nSPS) is 10.7. The number of nitrogens with zero attached hydrogens (tertiary/aromatic N) is 5. The van der Waals surface area contributed by atoms with E-state index in [-0.39, 0.29) is 0 Å². The van der Waals surface area contributed by atoms with Crippen molar-refractivity contribution in [3.8, 4) is 11.3 Å². The van der Waals surface area contributed by atoms with E-state index in [9.17, 15) is 0 Å². The van der Waals surface area contributed by atoms with Crippen LogP contribution in [0, 0.1) is 0 Å². The summed E-state index contributed by atoms with van der Waals surface area (Å²) in [7, 11) is 0. The predicted octanol–water partition coefficient (Wildman–Crippen LogP) is 1.19. The maximum Gasteiger partial charge on any atom is 0.273 e. The van der Waals surface area contributed by atoms with Crippen molar-refractivity contribution in [1.29, 1.82) is 0 Å². The van der Waals surface area contributed by atoms with Crippen LogP contribution >= 0.6 is 0 Å². The van der Waals surface area contributed by atoms with Gasteiger partial charge in [0.05, 0.1) is 5.69 Å². The summed E-state index contributed by atoms with van der Waals surface area (Å²) >= 11 is 0. The van der Waals surface area contributed by atoms with Crippen LogP contribution in [0.5, 0.6) is 0 Å². The van der Waals surface area contributed by atoms with Crippen molar-refractivity contribution < 1.29 is 0 Å². The SMILES string of the molecule is c1ccc(-c2ccnc3nnnn23)cc1. The number of tetrazole rings is 1. The van der Waals surface area contributed by atoms with Crippen LogP contribution in [0.1, 0.15) is 0 Å². The van der Waals surface area contributed by atoms with Crippen LogP contribution in [0.15, 0.2) is 42.6 Å². The molecular weight excluding hydrogens is 190 g/mol. The smallest absolute Gasteiger partial charge is 0.218 e. The third-order valence-electron chi connectivity index (χ3n) is 2.17. The number of hydrogen-bond acceptors (Lipinski definition) is 4. The molecule has 0 N–H and O–H groups in total. The number of fused-ring (bicyclic) bond motifs is 1. The van der Waals surface area contributed by atoms with E-state index >= 15 is 0 Å². The van der Waals surface area contributed by atoms with Gasteiger partial charge in [-0.1, -0.05) is 35.4 Å². The van der Waals surface area contributed by atoms with Gasteiger partial charge in [-0.3, -0.25) is 0 Å². The average molecular weight is 197 g/mol. The number of rotatable bonds is 1. The molecule has 0 spiro atoms. The van der Waals surface area contributed by atoms with Crippen molar-refractivity contribution in [2.75, 3.05) is 0 Å². The second kappa shape index (κ2) is 3.13. The maximum absolute atomic E-state index is 4.05. The van der Waals surface area contributed by atoms with Crippen LogP contribution in [-0.2, 0) is 0 Å². The Kier molecular flexibility index (Phi) is 1.68. The molecule has 2 aromatic heterocycles. The molecule has 0 aliphatic carbocycles. The van der Waals surface area contributed by atoms with Crippen LogP contribution in [0.2, 0.25) is 0 Å². The Morgan fingerprint density at radius 2 is 1.87 bits per heavy atom. The summed E-state index contributed by atoms with van der Waals surface area (Å²) in [5, 5.41) is 11.3. The van der Waals surface area contributed by atoms with E-state index in [4.69, 9.17) is 0 Å². The van der Waals surface area contributed by atoms with Crippen LogP contribution in [0.3, 0.4) is 0 Å². The third kappa shape index (κ3) is 1.25. The van der Waals surface area contributed by atoms with E-state index in [1.165, 1.54) is 0 Å². The summed E-state index contributed by atoms with van der Waals surface area (Å²) in [5.74, 6) is 0.511. The maximum atomic E-state index is 4.05. The van der Waals surface area contributed by atoms with Gasteiger partial charge in [0.25, 0.3) is 5.78 Å². The second-order valence-electron chi connectivity index (χ2n) is 3.09. The molecule has 5 nitrogen and oxygen atoms in total. The lowest BCUT2D eigenvalue weighted by Crippen LogP contribution is -1.95. The number of aromatic nitrogens is 5. The van der Waals surface area contributed by atoms with Gasteiger partial charge in [-0.2, -0.15) is 4.52 Å². The standard InChI is InChI=1S/C10H7N5/c1-2-4-8(5-3-1)9-6-7-11-10-12-13-14-15(9)10/h1-7H. The van der Waals surface area contributed by atoms with E-state index in [0.29, 0.717) is 5.78 Å². The predicted molar refractivity (Wildman–Crippen MR) is 54.0 cm³/mol. The highest BCUT2D eigenvalue weighted by Gasteiger charge is 2.05. The molecule has 2 heterocycles. The lowest BCUT2D eigenvalue weighted by molar-refractivity contribution is 0.826. The molecule has 0 aliphatic rings. The van der Waals surface area contributed by atoms with Gasteiger partial charge in [0.2, 0.25) is 0 Å². The largest absolute Gasteiger partial charge is 0.273 e. The second-order valence-corrected chi connectivity index (χ2v) is 3.09. The molecule has 0 unspecified atom stereocenters. The summed E-state index contributed by atoms with van der Waals surface area (Å²) in [6.07, 6.45) is 1.70. The Bertz CT molecular complexity index is 587. The topological polar surface area (TPSA) is 56.0 Å². The molecule has 0 bridgehead atoms. The molecule has 0 amide bonds. The first kappa shape index (κ1) is 8.05. The Morgan fingerprint density at radius 1 is 1.00 bits per heavy atom. The number of benzene rings is 1. The third-order valence-corrected chi connectivity index (χ3v) is 2.17. The Labute approximate surface area is 85.4 Å². The summed E-state index contributed by atoms with van der Waals surface area (Å²) in [4.78, 5) is 4.05. The van der Waals surface area contributed by atoms with Gasteiger partial charge in [0.1, 0.15) is 0 Å². The van der Waals surface area contributed by atoms with Crippen LogP contribution in [-0.4, -0.2) is 25.0 Å². The summed E-state index contributed by atoms with van der Waals surface area (Å²) in [6.45, 7) is 0. The van der Waals surface area contributed by atoms with Crippen molar-refractivity contribution in [3.05, 3.63) is 42.6 Å². The molecule has 0 atom stereocenters. The van der Waals surface area contributed by atoms with E-state index in [0.717, 1.165) is 11.3 Å². The molecule has 5 heteroatoms. The summed E-state index contributed by atoms with van der Waals surface area (Å²) in [6, 6.07) is 11.8. The van der Waals surface area contributed by atoms with Gasteiger partial charge in [0.15, 0.2) is 0 Å². The molecule has 3 aromatic rings. The lowest BCUT2D eigenvalue weighted by atomic mass is 10.1. The number of hydrogen-bond donors (Lipinski definition) is 0. The van der Waals surface area contributed by atoms with E-state index < -0.39 is 0 Å². The van der Waals surface area contributed by atoms with E-state index in [1.54, 1.807) is 10.7 Å². The van der Waals surface area contributed by atoms with Crippen molar-refractivity contribution >= 4 is 5.78 Å². The van der Waals surface area contributed by atoms with Crippen molar-refractivity contribution in [2.45, 2.75) is 0 Å². The zero-order chi connectivity index (χ0) is 10.1. The molecule has 1 aromatic carbocycles. The van der Waals surface area contributed by atoms with E-state index in [2.05, 4.69) is 20.5 Å². The highest BCUT2D eigenvalue weighted by Crippen LogP contribution is 2.17. The van der Waals surface area contributed by atoms with Gasteiger partial charge in [-0.25, -0.2) is 4.98 Å². The van der Waals surface area contributed by atoms with Crippen molar-refractivity contribution in [2.24, 2.45) is 0 Å². The first-order valence-corrected chi connectivity index (χ1v) is 4.54. The van der Waals surface area contributed by atoms with Crippen molar-refractivity contribution in [3.63, 3.8) is 0 Å². The molecule has 0 fully saturated rings. The van der Waals surface area contributed by atoms with Gasteiger partial charge in [-0.05, 0) is 16.5 Å².